The van der Waals surface area contributed by atoms with Crippen LogP contribution in [0.2, 0.25) is 0 Å². The van der Waals surface area contributed by atoms with Crippen LogP contribution < -0.4 is 10.6 Å². The standard InChI is InChI=1S/C24H48N2O4/c1-15(2)12-20(25-17(5)6)22(27)30-19(9)14-24(10,11)26-21(13-16(3)4)23(28)29-18(7)8/h15-21,25-26H,12-14H2,1-11H3/t19?,20-,21?/m1/s1. The fourth-order valence-corrected chi connectivity index (χ4v) is 3.68. The second-order valence-corrected chi connectivity index (χ2v) is 10.7. The smallest absolute Gasteiger partial charge is 0.323 e. The van der Waals surface area contributed by atoms with Gasteiger partial charge in [-0.05, 0) is 59.3 Å². The van der Waals surface area contributed by atoms with E-state index in [2.05, 4.69) is 38.3 Å². The molecule has 30 heavy (non-hydrogen) atoms. The molecule has 0 aliphatic rings. The van der Waals surface area contributed by atoms with E-state index < -0.39 is 5.54 Å². The zero-order chi connectivity index (χ0) is 23.6. The third-order valence-corrected chi connectivity index (χ3v) is 4.55. The average Bonchev–Trinajstić information content (AvgIpc) is 2.50. The molecule has 0 heterocycles. The molecule has 0 amide bonds. The van der Waals surface area contributed by atoms with E-state index in [0.29, 0.717) is 24.7 Å². The van der Waals surface area contributed by atoms with Crippen molar-refractivity contribution in [3.63, 3.8) is 0 Å². The maximum atomic E-state index is 12.7. The van der Waals surface area contributed by atoms with Crippen LogP contribution in [-0.2, 0) is 19.1 Å². The van der Waals surface area contributed by atoms with Gasteiger partial charge in [0.2, 0.25) is 0 Å². The molecule has 6 nitrogen and oxygen atoms in total. The molecule has 0 saturated carbocycles. The topological polar surface area (TPSA) is 76.7 Å². The van der Waals surface area contributed by atoms with Crippen molar-refractivity contribution in [2.75, 3.05) is 0 Å². The normalized spacial score (nSPS) is 15.6. The zero-order valence-corrected chi connectivity index (χ0v) is 21.3. The lowest BCUT2D eigenvalue weighted by Gasteiger charge is -2.34. The first-order valence-electron chi connectivity index (χ1n) is 11.6. The molecule has 0 fully saturated rings. The molecule has 0 radical (unpaired) electrons. The maximum Gasteiger partial charge on any atom is 0.323 e. The molecule has 0 bridgehead atoms. The highest BCUT2D eigenvalue weighted by atomic mass is 16.5. The summed E-state index contributed by atoms with van der Waals surface area (Å²) in [7, 11) is 0. The van der Waals surface area contributed by atoms with Gasteiger partial charge in [-0.25, -0.2) is 0 Å². The molecule has 0 spiro atoms. The van der Waals surface area contributed by atoms with Crippen LogP contribution >= 0.6 is 0 Å². The molecule has 178 valence electrons. The summed E-state index contributed by atoms with van der Waals surface area (Å²) in [6.45, 7) is 22.1. The van der Waals surface area contributed by atoms with Gasteiger partial charge in [-0.3, -0.25) is 14.9 Å². The van der Waals surface area contributed by atoms with E-state index in [1.165, 1.54) is 0 Å². The van der Waals surface area contributed by atoms with Gasteiger partial charge in [0.05, 0.1) is 6.10 Å². The molecule has 0 saturated heterocycles. The second kappa shape index (κ2) is 13.3. The SMILES string of the molecule is CC(C)CC(NC(C)(C)CC(C)OC(=O)[C@@H](CC(C)C)NC(C)C)C(=O)OC(C)C. The lowest BCUT2D eigenvalue weighted by Crippen LogP contribution is -2.52. The first-order valence-corrected chi connectivity index (χ1v) is 11.6. The molecule has 0 aliphatic heterocycles. The number of nitrogens with one attached hydrogen (secondary N) is 2. The number of esters is 2. The summed E-state index contributed by atoms with van der Waals surface area (Å²) in [6, 6.07) is -0.488. The summed E-state index contributed by atoms with van der Waals surface area (Å²) in [5.74, 6) is 0.311. The monoisotopic (exact) mass is 428 g/mol. The highest BCUT2D eigenvalue weighted by Crippen LogP contribution is 2.19. The summed E-state index contributed by atoms with van der Waals surface area (Å²) < 4.78 is 11.2. The number of carbonyl (C=O) groups is 2. The fraction of sp³-hybridized carbons (Fsp3) is 0.917. The van der Waals surface area contributed by atoms with E-state index in [-0.39, 0.29) is 42.3 Å². The highest BCUT2D eigenvalue weighted by Gasteiger charge is 2.32. The molecule has 0 aromatic heterocycles. The van der Waals surface area contributed by atoms with E-state index >= 15 is 0 Å². The third kappa shape index (κ3) is 13.2. The van der Waals surface area contributed by atoms with Gasteiger partial charge < -0.3 is 14.8 Å². The Balaban J connectivity index is 5.03. The van der Waals surface area contributed by atoms with Gasteiger partial charge in [0.15, 0.2) is 0 Å². The Morgan fingerprint density at radius 1 is 0.767 bits per heavy atom. The van der Waals surface area contributed by atoms with E-state index in [9.17, 15) is 9.59 Å². The summed E-state index contributed by atoms with van der Waals surface area (Å²) in [6.07, 6.45) is 1.60. The van der Waals surface area contributed by atoms with Gasteiger partial charge in [0.25, 0.3) is 0 Å². The first-order chi connectivity index (χ1) is 13.6. The van der Waals surface area contributed by atoms with Crippen molar-refractivity contribution >= 4 is 11.9 Å². The summed E-state index contributed by atoms with van der Waals surface area (Å²) in [5.41, 5.74) is -0.395. The minimum atomic E-state index is -0.395. The zero-order valence-electron chi connectivity index (χ0n) is 21.3. The van der Waals surface area contributed by atoms with Crippen molar-refractivity contribution in [2.24, 2.45) is 11.8 Å². The lowest BCUT2D eigenvalue weighted by atomic mass is 9.93. The molecule has 0 aromatic rings. The van der Waals surface area contributed by atoms with Gasteiger partial charge in [0, 0.05) is 18.0 Å². The summed E-state index contributed by atoms with van der Waals surface area (Å²) in [4.78, 5) is 25.3. The van der Waals surface area contributed by atoms with Crippen molar-refractivity contribution < 1.29 is 19.1 Å². The molecule has 0 aliphatic carbocycles. The van der Waals surface area contributed by atoms with Gasteiger partial charge in [-0.2, -0.15) is 0 Å². The van der Waals surface area contributed by atoms with Crippen molar-refractivity contribution in [3.05, 3.63) is 0 Å². The number of ether oxygens (including phenoxy) is 2. The maximum absolute atomic E-state index is 12.7. The molecule has 2 N–H and O–H groups in total. The van der Waals surface area contributed by atoms with E-state index in [4.69, 9.17) is 9.47 Å². The van der Waals surface area contributed by atoms with Crippen LogP contribution in [0.25, 0.3) is 0 Å². The molecule has 6 heteroatoms. The number of hydrogen-bond acceptors (Lipinski definition) is 6. The van der Waals surface area contributed by atoms with E-state index in [1.807, 2.05) is 48.5 Å². The van der Waals surface area contributed by atoms with Gasteiger partial charge >= 0.3 is 11.9 Å². The van der Waals surface area contributed by atoms with Gasteiger partial charge in [-0.1, -0.05) is 41.5 Å². The molecular weight excluding hydrogens is 380 g/mol. The molecule has 3 atom stereocenters. The van der Waals surface area contributed by atoms with Gasteiger partial charge in [0.1, 0.15) is 18.2 Å². The average molecular weight is 429 g/mol. The number of carbonyl (C=O) groups excluding carboxylic acids is 2. The third-order valence-electron chi connectivity index (χ3n) is 4.55. The minimum Gasteiger partial charge on any atom is -0.462 e. The molecule has 0 rings (SSSR count). The van der Waals surface area contributed by atoms with Crippen LogP contribution in [0.1, 0.15) is 95.4 Å². The molecule has 0 aromatic carbocycles. The Hall–Kier alpha value is -1.14. The van der Waals surface area contributed by atoms with Crippen LogP contribution in [0.3, 0.4) is 0 Å². The summed E-state index contributed by atoms with van der Waals surface area (Å²) >= 11 is 0. The Kier molecular flexibility index (Phi) is 12.8. The Morgan fingerprint density at radius 3 is 1.67 bits per heavy atom. The van der Waals surface area contributed by atoms with Crippen LogP contribution in [0.15, 0.2) is 0 Å². The second-order valence-electron chi connectivity index (χ2n) is 10.7. The van der Waals surface area contributed by atoms with Gasteiger partial charge in [-0.15, -0.1) is 0 Å². The molecule has 2 unspecified atom stereocenters. The van der Waals surface area contributed by atoms with Crippen LogP contribution in [0.5, 0.6) is 0 Å². The predicted octanol–water partition coefficient (Wildman–Crippen LogP) is 4.46. The molecular formula is C24H48N2O4. The van der Waals surface area contributed by atoms with Crippen molar-refractivity contribution in [3.8, 4) is 0 Å². The van der Waals surface area contributed by atoms with Crippen molar-refractivity contribution in [2.45, 2.75) is 131 Å². The van der Waals surface area contributed by atoms with Crippen LogP contribution in [-0.4, -0.2) is 47.8 Å². The number of hydrogen-bond donors (Lipinski definition) is 2. The van der Waals surface area contributed by atoms with E-state index in [1.54, 1.807) is 0 Å². The van der Waals surface area contributed by atoms with E-state index in [0.717, 1.165) is 6.42 Å². The van der Waals surface area contributed by atoms with Crippen LogP contribution in [0.4, 0.5) is 0 Å². The first kappa shape index (κ1) is 28.9. The number of rotatable bonds is 14. The Bertz CT molecular complexity index is 505. The van der Waals surface area contributed by atoms with Crippen LogP contribution in [0, 0.1) is 11.8 Å². The van der Waals surface area contributed by atoms with Crippen molar-refractivity contribution in [1.29, 1.82) is 0 Å². The lowest BCUT2D eigenvalue weighted by molar-refractivity contribution is -0.154. The quantitative estimate of drug-likeness (QED) is 0.398. The fourth-order valence-electron chi connectivity index (χ4n) is 3.68. The minimum absolute atomic E-state index is 0.150. The predicted molar refractivity (Wildman–Crippen MR) is 123 cm³/mol. The highest BCUT2D eigenvalue weighted by molar-refractivity contribution is 5.76. The largest absolute Gasteiger partial charge is 0.462 e. The Morgan fingerprint density at radius 2 is 1.23 bits per heavy atom. The van der Waals surface area contributed by atoms with Crippen molar-refractivity contribution in [1.82, 2.24) is 10.6 Å². The Labute approximate surface area is 185 Å². The summed E-state index contributed by atoms with van der Waals surface area (Å²) in [5, 5.41) is 6.76.